The van der Waals surface area contributed by atoms with Crippen molar-refractivity contribution >= 4 is 23.2 Å². The lowest BCUT2D eigenvalue weighted by atomic mass is 10.1. The molecule has 1 unspecified atom stereocenters. The summed E-state index contributed by atoms with van der Waals surface area (Å²) in [7, 11) is 0. The van der Waals surface area contributed by atoms with E-state index < -0.39 is 5.79 Å². The molecule has 148 valence electrons. The van der Waals surface area contributed by atoms with Crippen molar-refractivity contribution in [1.29, 1.82) is 0 Å². The highest BCUT2D eigenvalue weighted by atomic mass is 32.1. The molecule has 2 aliphatic rings. The Kier molecular flexibility index (Phi) is 5.23. The molecule has 0 radical (unpaired) electrons. The molecule has 0 aliphatic carbocycles. The summed E-state index contributed by atoms with van der Waals surface area (Å²) >= 11 is 1.72. The van der Waals surface area contributed by atoms with Crippen LogP contribution in [0.2, 0.25) is 0 Å². The molecule has 2 saturated heterocycles. The number of hydrogen-bond donors (Lipinski definition) is 1. The van der Waals surface area contributed by atoms with Gasteiger partial charge in [-0.25, -0.2) is 0 Å². The normalized spacial score (nSPS) is 20.6. The number of likely N-dealkylation sites (tertiary alicyclic amines) is 1. The monoisotopic (exact) mass is 400 g/mol. The number of benzene rings is 1. The van der Waals surface area contributed by atoms with Gasteiger partial charge in [0.1, 0.15) is 0 Å². The van der Waals surface area contributed by atoms with Crippen molar-refractivity contribution in [3.63, 3.8) is 0 Å². The lowest BCUT2D eigenvalue weighted by Crippen LogP contribution is -2.43. The summed E-state index contributed by atoms with van der Waals surface area (Å²) in [6.45, 7) is 5.55. The summed E-state index contributed by atoms with van der Waals surface area (Å²) in [6, 6.07) is 11.6. The van der Waals surface area contributed by atoms with Gasteiger partial charge in [0, 0.05) is 27.8 Å². The number of amides is 2. The summed E-state index contributed by atoms with van der Waals surface area (Å²) in [5, 5.41) is 2.73. The zero-order valence-electron chi connectivity index (χ0n) is 16.1. The second-order valence-electron chi connectivity index (χ2n) is 7.35. The van der Waals surface area contributed by atoms with Crippen LogP contribution in [0.25, 0.3) is 10.4 Å². The predicted octanol–water partition coefficient (Wildman–Crippen LogP) is 2.82. The van der Waals surface area contributed by atoms with Crippen LogP contribution in [0, 0.1) is 6.92 Å². The molecule has 1 atom stereocenters. The molecule has 2 amide bonds. The van der Waals surface area contributed by atoms with Crippen molar-refractivity contribution < 1.29 is 19.1 Å². The topological polar surface area (TPSA) is 67.9 Å². The number of thiophene rings is 1. The van der Waals surface area contributed by atoms with E-state index in [4.69, 9.17) is 9.47 Å². The first kappa shape index (κ1) is 19.1. The molecule has 6 nitrogen and oxygen atoms in total. The van der Waals surface area contributed by atoms with Crippen molar-refractivity contribution in [2.75, 3.05) is 26.3 Å². The molecule has 7 heteroatoms. The molecule has 2 aliphatic heterocycles. The van der Waals surface area contributed by atoms with Crippen LogP contribution in [-0.4, -0.2) is 54.8 Å². The van der Waals surface area contributed by atoms with E-state index in [1.165, 1.54) is 9.75 Å². The molecule has 1 aromatic heterocycles. The number of carbonyl (C=O) groups excluding carboxylic acids is 2. The van der Waals surface area contributed by atoms with E-state index in [9.17, 15) is 9.59 Å². The van der Waals surface area contributed by atoms with E-state index in [-0.39, 0.29) is 24.4 Å². The quantitative estimate of drug-likeness (QED) is 0.857. The zero-order valence-corrected chi connectivity index (χ0v) is 16.9. The molecule has 1 spiro atoms. The number of rotatable bonds is 4. The number of ether oxygens (including phenoxy) is 2. The van der Waals surface area contributed by atoms with Crippen molar-refractivity contribution in [3.8, 4) is 10.4 Å². The van der Waals surface area contributed by atoms with E-state index in [2.05, 4.69) is 24.4 Å². The van der Waals surface area contributed by atoms with Gasteiger partial charge < -0.3 is 19.7 Å². The first-order chi connectivity index (χ1) is 13.5. The van der Waals surface area contributed by atoms with Crippen molar-refractivity contribution in [3.05, 3.63) is 46.8 Å². The number of aryl methyl sites for hydroxylation is 1. The number of nitrogens with one attached hydrogen (secondary N) is 1. The van der Waals surface area contributed by atoms with Gasteiger partial charge in [-0.3, -0.25) is 9.59 Å². The second-order valence-corrected chi connectivity index (χ2v) is 8.64. The van der Waals surface area contributed by atoms with E-state index in [0.717, 1.165) is 5.56 Å². The lowest BCUT2D eigenvalue weighted by molar-refractivity contribution is -0.152. The minimum absolute atomic E-state index is 0.0241. The molecule has 2 fully saturated rings. The van der Waals surface area contributed by atoms with Crippen LogP contribution in [0.1, 0.15) is 28.6 Å². The first-order valence-electron chi connectivity index (χ1n) is 9.48. The van der Waals surface area contributed by atoms with Crippen LogP contribution in [0.3, 0.4) is 0 Å². The fourth-order valence-electron chi connectivity index (χ4n) is 3.82. The third-order valence-electron chi connectivity index (χ3n) is 5.26. The van der Waals surface area contributed by atoms with Crippen molar-refractivity contribution in [2.24, 2.45) is 0 Å². The summed E-state index contributed by atoms with van der Waals surface area (Å²) in [5.41, 5.74) is 1.62. The van der Waals surface area contributed by atoms with E-state index >= 15 is 0 Å². The second kappa shape index (κ2) is 7.66. The average Bonchev–Trinajstić information content (AvgIpc) is 3.41. The molecular weight excluding hydrogens is 376 g/mol. The van der Waals surface area contributed by atoms with Gasteiger partial charge in [-0.05, 0) is 43.7 Å². The third-order valence-corrected chi connectivity index (χ3v) is 6.31. The maximum Gasteiger partial charge on any atom is 0.251 e. The van der Waals surface area contributed by atoms with Crippen molar-refractivity contribution in [1.82, 2.24) is 10.2 Å². The van der Waals surface area contributed by atoms with Gasteiger partial charge in [0.2, 0.25) is 5.91 Å². The smallest absolute Gasteiger partial charge is 0.251 e. The molecule has 0 saturated carbocycles. The molecule has 0 bridgehead atoms. The van der Waals surface area contributed by atoms with Gasteiger partial charge in [0.05, 0.1) is 26.3 Å². The first-order valence-corrected chi connectivity index (χ1v) is 10.3. The molecule has 2 aromatic rings. The fraction of sp³-hybridized carbons (Fsp3) is 0.429. The molecule has 1 N–H and O–H groups in total. The predicted molar refractivity (Wildman–Crippen MR) is 107 cm³/mol. The average molecular weight is 401 g/mol. The molecule has 28 heavy (non-hydrogen) atoms. The summed E-state index contributed by atoms with van der Waals surface area (Å²) in [5.74, 6) is -1.03. The Balaban J connectivity index is 1.33. The van der Waals surface area contributed by atoms with Gasteiger partial charge in [-0.15, -0.1) is 11.3 Å². The van der Waals surface area contributed by atoms with Gasteiger partial charge in [0.15, 0.2) is 5.79 Å². The largest absolute Gasteiger partial charge is 0.346 e. The third kappa shape index (κ3) is 3.83. The van der Waals surface area contributed by atoms with Crippen LogP contribution in [0.4, 0.5) is 0 Å². The highest BCUT2D eigenvalue weighted by Gasteiger charge is 2.48. The Labute approximate surface area is 168 Å². The Morgan fingerprint density at radius 1 is 1.18 bits per heavy atom. The Morgan fingerprint density at radius 2 is 1.89 bits per heavy atom. The standard InChI is InChI=1S/C21H24N2O4S/c1-14-11-21(26-9-10-27-21)13-23(14)19(24)12-22-20(25)17-6-4-16(5-7-17)18-8-3-15(2)28-18/h3-8,14H,9-13H2,1-2H3,(H,22,25). The maximum atomic E-state index is 12.6. The molecule has 1 aromatic carbocycles. The fourth-order valence-corrected chi connectivity index (χ4v) is 4.69. The zero-order chi connectivity index (χ0) is 19.7. The van der Waals surface area contributed by atoms with Gasteiger partial charge in [-0.1, -0.05) is 12.1 Å². The van der Waals surface area contributed by atoms with Crippen LogP contribution < -0.4 is 5.32 Å². The Bertz CT molecular complexity index is 871. The molecule has 4 rings (SSSR count). The number of nitrogens with zero attached hydrogens (tertiary/aromatic N) is 1. The minimum Gasteiger partial charge on any atom is -0.346 e. The van der Waals surface area contributed by atoms with Gasteiger partial charge >= 0.3 is 0 Å². The highest BCUT2D eigenvalue weighted by molar-refractivity contribution is 7.15. The minimum atomic E-state index is -0.658. The van der Waals surface area contributed by atoms with Crippen LogP contribution in [-0.2, 0) is 14.3 Å². The Hall–Kier alpha value is -2.22. The number of hydrogen-bond acceptors (Lipinski definition) is 5. The van der Waals surface area contributed by atoms with Crippen LogP contribution in [0.5, 0.6) is 0 Å². The summed E-state index contributed by atoms with van der Waals surface area (Å²) in [4.78, 5) is 29.1. The van der Waals surface area contributed by atoms with E-state index in [1.807, 2.05) is 19.1 Å². The molecular formula is C21H24N2O4S. The highest BCUT2D eigenvalue weighted by Crippen LogP contribution is 2.34. The lowest BCUT2D eigenvalue weighted by Gasteiger charge is -2.23. The maximum absolute atomic E-state index is 12.6. The van der Waals surface area contributed by atoms with Crippen LogP contribution in [0.15, 0.2) is 36.4 Å². The van der Waals surface area contributed by atoms with Crippen LogP contribution >= 0.6 is 11.3 Å². The SMILES string of the molecule is Cc1ccc(-c2ccc(C(=O)NCC(=O)N3CC4(CC3C)OCCO4)cc2)s1. The van der Waals surface area contributed by atoms with E-state index in [0.29, 0.717) is 31.7 Å². The number of carbonyl (C=O) groups is 2. The van der Waals surface area contributed by atoms with Gasteiger partial charge in [0.25, 0.3) is 5.91 Å². The van der Waals surface area contributed by atoms with E-state index in [1.54, 1.807) is 28.4 Å². The summed E-state index contributed by atoms with van der Waals surface area (Å²) < 4.78 is 11.4. The van der Waals surface area contributed by atoms with Crippen molar-refractivity contribution in [2.45, 2.75) is 32.1 Å². The Morgan fingerprint density at radius 3 is 2.54 bits per heavy atom. The molecule has 3 heterocycles. The van der Waals surface area contributed by atoms with Gasteiger partial charge in [-0.2, -0.15) is 0 Å². The summed E-state index contributed by atoms with van der Waals surface area (Å²) in [6.07, 6.45) is 0.663.